The van der Waals surface area contributed by atoms with Crippen LogP contribution in [-0.2, 0) is 11.2 Å². The Morgan fingerprint density at radius 2 is 2.22 bits per heavy atom. The zero-order valence-electron chi connectivity index (χ0n) is 10.1. The van der Waals surface area contributed by atoms with Crippen LogP contribution in [0, 0.1) is 5.92 Å². The van der Waals surface area contributed by atoms with Crippen molar-refractivity contribution in [2.24, 2.45) is 5.92 Å². The maximum atomic E-state index is 12.1. The average Bonchev–Trinajstić information content (AvgIpc) is 2.98. The fourth-order valence-electron chi connectivity index (χ4n) is 2.76. The van der Waals surface area contributed by atoms with Gasteiger partial charge in [-0.3, -0.25) is 4.79 Å². The van der Waals surface area contributed by atoms with Gasteiger partial charge in [-0.15, -0.1) is 0 Å². The molecule has 18 heavy (non-hydrogen) atoms. The average molecular weight is 263 g/mol. The highest BCUT2D eigenvalue weighted by Crippen LogP contribution is 2.32. The van der Waals surface area contributed by atoms with Crippen molar-refractivity contribution < 1.29 is 9.90 Å². The Morgan fingerprint density at radius 3 is 3.00 bits per heavy atom. The second-order valence-corrected chi connectivity index (χ2v) is 6.17. The number of thioether (sulfide) groups is 1. The van der Waals surface area contributed by atoms with Crippen LogP contribution in [0.15, 0.2) is 24.3 Å². The molecule has 1 unspecified atom stereocenters. The molecule has 1 aromatic rings. The van der Waals surface area contributed by atoms with Crippen LogP contribution in [0.5, 0.6) is 0 Å². The number of benzene rings is 1. The molecule has 1 aromatic carbocycles. The quantitative estimate of drug-likeness (QED) is 0.850. The van der Waals surface area contributed by atoms with Crippen LogP contribution in [0.25, 0.3) is 0 Å². The number of carbonyl (C=O) groups is 1. The van der Waals surface area contributed by atoms with E-state index in [-0.39, 0.29) is 17.9 Å². The van der Waals surface area contributed by atoms with Gasteiger partial charge in [0.2, 0.25) is 5.91 Å². The summed E-state index contributed by atoms with van der Waals surface area (Å²) >= 11 is 1.83. The van der Waals surface area contributed by atoms with Crippen molar-refractivity contribution in [1.29, 1.82) is 0 Å². The molecule has 1 heterocycles. The van der Waals surface area contributed by atoms with Gasteiger partial charge in [0.25, 0.3) is 0 Å². The van der Waals surface area contributed by atoms with E-state index in [4.69, 9.17) is 0 Å². The van der Waals surface area contributed by atoms with Gasteiger partial charge >= 0.3 is 0 Å². The van der Waals surface area contributed by atoms with Crippen molar-refractivity contribution in [3.63, 3.8) is 0 Å². The van der Waals surface area contributed by atoms with Crippen LogP contribution >= 0.6 is 11.8 Å². The van der Waals surface area contributed by atoms with E-state index in [2.05, 4.69) is 5.32 Å². The molecule has 3 rings (SSSR count). The molecule has 0 saturated carbocycles. The molecule has 2 N–H and O–H groups in total. The zero-order chi connectivity index (χ0) is 12.5. The summed E-state index contributed by atoms with van der Waals surface area (Å²) in [5.41, 5.74) is 2.22. The third-order valence-electron chi connectivity index (χ3n) is 3.80. The molecule has 1 saturated heterocycles. The van der Waals surface area contributed by atoms with E-state index >= 15 is 0 Å². The highest BCUT2D eigenvalue weighted by Gasteiger charge is 2.34. The first-order valence-electron chi connectivity index (χ1n) is 6.39. The summed E-state index contributed by atoms with van der Waals surface area (Å²) in [6.45, 7) is 0. The monoisotopic (exact) mass is 263 g/mol. The Labute approximate surface area is 111 Å². The molecule has 3 atom stereocenters. The van der Waals surface area contributed by atoms with E-state index in [0.29, 0.717) is 6.42 Å². The Hall–Kier alpha value is -1.00. The summed E-state index contributed by atoms with van der Waals surface area (Å²) in [7, 11) is 0. The molecule has 1 amide bonds. The van der Waals surface area contributed by atoms with Crippen LogP contribution in [0.4, 0.5) is 0 Å². The molecular weight excluding hydrogens is 246 g/mol. The smallest absolute Gasteiger partial charge is 0.224 e. The van der Waals surface area contributed by atoms with Crippen LogP contribution in [0.1, 0.15) is 23.6 Å². The van der Waals surface area contributed by atoms with Gasteiger partial charge in [0.05, 0.1) is 12.1 Å². The lowest BCUT2D eigenvalue weighted by molar-refractivity contribution is -0.125. The van der Waals surface area contributed by atoms with Crippen molar-refractivity contribution >= 4 is 17.7 Å². The number of aliphatic hydroxyl groups excluding tert-OH is 1. The van der Waals surface area contributed by atoms with Crippen molar-refractivity contribution in [2.45, 2.75) is 25.0 Å². The summed E-state index contributed by atoms with van der Waals surface area (Å²) in [5.74, 6) is 2.20. The standard InChI is InChI=1S/C14H17NO2S/c16-12-7-9-3-1-2-4-11(9)13(12)15-14(17)10-5-6-18-8-10/h1-4,10,12-13,16H,5-8H2,(H,15,17)/t10?,12-,13+/m1/s1. The largest absolute Gasteiger partial charge is 0.390 e. The zero-order valence-corrected chi connectivity index (χ0v) is 11.0. The van der Waals surface area contributed by atoms with Crippen molar-refractivity contribution in [1.82, 2.24) is 5.32 Å². The summed E-state index contributed by atoms with van der Waals surface area (Å²) in [6, 6.07) is 7.74. The summed E-state index contributed by atoms with van der Waals surface area (Å²) in [5, 5.41) is 13.1. The number of hydrogen-bond acceptors (Lipinski definition) is 3. The molecule has 2 aliphatic rings. The predicted octanol–water partition coefficient (Wildman–Crippen LogP) is 1.51. The van der Waals surface area contributed by atoms with Gasteiger partial charge in [0.15, 0.2) is 0 Å². The third-order valence-corrected chi connectivity index (χ3v) is 4.96. The van der Waals surface area contributed by atoms with E-state index in [9.17, 15) is 9.90 Å². The molecule has 0 spiro atoms. The first-order valence-corrected chi connectivity index (χ1v) is 7.55. The summed E-state index contributed by atoms with van der Waals surface area (Å²) in [4.78, 5) is 12.1. The number of rotatable bonds is 2. The van der Waals surface area contributed by atoms with E-state index in [1.807, 2.05) is 36.0 Å². The van der Waals surface area contributed by atoms with E-state index in [1.54, 1.807) is 0 Å². The molecule has 0 radical (unpaired) electrons. The first kappa shape index (κ1) is 12.1. The first-order chi connectivity index (χ1) is 8.75. The number of carbonyl (C=O) groups excluding carboxylic acids is 1. The number of nitrogens with one attached hydrogen (secondary N) is 1. The summed E-state index contributed by atoms with van der Waals surface area (Å²) < 4.78 is 0. The lowest BCUT2D eigenvalue weighted by atomic mass is 10.0. The molecular formula is C14H17NO2S. The maximum absolute atomic E-state index is 12.1. The van der Waals surface area contributed by atoms with Gasteiger partial charge in [0, 0.05) is 18.1 Å². The minimum atomic E-state index is -0.486. The van der Waals surface area contributed by atoms with Crippen LogP contribution in [-0.4, -0.2) is 28.6 Å². The fraction of sp³-hybridized carbons (Fsp3) is 0.500. The van der Waals surface area contributed by atoms with Gasteiger partial charge in [-0.25, -0.2) is 0 Å². The van der Waals surface area contributed by atoms with Crippen LogP contribution < -0.4 is 5.32 Å². The Morgan fingerprint density at radius 1 is 1.39 bits per heavy atom. The maximum Gasteiger partial charge on any atom is 0.224 e. The molecule has 0 aromatic heterocycles. The molecule has 1 fully saturated rings. The molecule has 1 aliphatic heterocycles. The molecule has 0 bridgehead atoms. The normalized spacial score (nSPS) is 30.2. The Kier molecular flexibility index (Phi) is 3.31. The lowest BCUT2D eigenvalue weighted by Gasteiger charge is -2.20. The van der Waals surface area contributed by atoms with Gasteiger partial charge in [0.1, 0.15) is 0 Å². The molecule has 4 heteroatoms. The highest BCUT2D eigenvalue weighted by molar-refractivity contribution is 7.99. The summed E-state index contributed by atoms with van der Waals surface area (Å²) in [6.07, 6.45) is 1.11. The Balaban J connectivity index is 1.74. The third kappa shape index (κ3) is 2.15. The second-order valence-electron chi connectivity index (χ2n) is 5.02. The number of fused-ring (bicyclic) bond motifs is 1. The van der Waals surface area contributed by atoms with Crippen LogP contribution in [0.2, 0.25) is 0 Å². The molecule has 3 nitrogen and oxygen atoms in total. The Bertz CT molecular complexity index is 457. The molecule has 96 valence electrons. The van der Waals surface area contributed by atoms with E-state index in [0.717, 1.165) is 29.1 Å². The topological polar surface area (TPSA) is 49.3 Å². The van der Waals surface area contributed by atoms with Gasteiger partial charge in [-0.2, -0.15) is 11.8 Å². The predicted molar refractivity (Wildman–Crippen MR) is 72.5 cm³/mol. The minimum Gasteiger partial charge on any atom is -0.390 e. The second kappa shape index (κ2) is 4.94. The number of hydrogen-bond donors (Lipinski definition) is 2. The van der Waals surface area contributed by atoms with E-state index < -0.39 is 6.10 Å². The van der Waals surface area contributed by atoms with E-state index in [1.165, 1.54) is 0 Å². The fourth-order valence-corrected chi connectivity index (χ4v) is 3.98. The lowest BCUT2D eigenvalue weighted by Crippen LogP contribution is -2.37. The van der Waals surface area contributed by atoms with Gasteiger partial charge in [-0.1, -0.05) is 24.3 Å². The number of aliphatic hydroxyl groups is 1. The van der Waals surface area contributed by atoms with Gasteiger partial charge < -0.3 is 10.4 Å². The number of amides is 1. The van der Waals surface area contributed by atoms with Gasteiger partial charge in [-0.05, 0) is 23.3 Å². The van der Waals surface area contributed by atoms with Crippen molar-refractivity contribution in [2.75, 3.05) is 11.5 Å². The van der Waals surface area contributed by atoms with Crippen LogP contribution in [0.3, 0.4) is 0 Å². The highest BCUT2D eigenvalue weighted by atomic mass is 32.2. The molecule has 1 aliphatic carbocycles. The SMILES string of the molecule is O=C(N[C@H]1c2ccccc2C[C@H]1O)C1CCSC1. The van der Waals surface area contributed by atoms with Crippen molar-refractivity contribution in [3.8, 4) is 0 Å². The minimum absolute atomic E-state index is 0.0979. The van der Waals surface area contributed by atoms with Crippen molar-refractivity contribution in [3.05, 3.63) is 35.4 Å².